The second-order valence-electron chi connectivity index (χ2n) is 5.01. The molecular weight excluding hydrogens is 266 g/mol. The van der Waals surface area contributed by atoms with Crippen LogP contribution in [0.4, 0.5) is 5.82 Å². The van der Waals surface area contributed by atoms with Crippen LogP contribution in [0, 0.1) is 6.92 Å². The fourth-order valence-electron chi connectivity index (χ4n) is 1.80. The molecule has 1 aromatic heterocycles. The van der Waals surface area contributed by atoms with E-state index in [0.29, 0.717) is 19.1 Å². The smallest absolute Gasteiger partial charge is 0.221 e. The molecule has 1 heterocycles. The van der Waals surface area contributed by atoms with Gasteiger partial charge in [0.1, 0.15) is 18.2 Å². The Bertz CT molecular complexity index is 411. The number of hydrogen-bond donors (Lipinski definition) is 1. The van der Waals surface area contributed by atoms with Gasteiger partial charge < -0.3 is 14.8 Å². The second-order valence-corrected chi connectivity index (χ2v) is 5.01. The lowest BCUT2D eigenvalue weighted by molar-refractivity contribution is 0.0961. The Labute approximate surface area is 128 Å². The molecule has 21 heavy (non-hydrogen) atoms. The minimum absolute atomic E-state index is 0.526. The van der Waals surface area contributed by atoms with Gasteiger partial charge >= 0.3 is 0 Å². The molecule has 0 aliphatic carbocycles. The first-order valence-corrected chi connectivity index (χ1v) is 8.04. The SMILES string of the molecule is CCCCOCCOc1nc(CC)nc(NCCC)c1C. The van der Waals surface area contributed by atoms with E-state index in [1.165, 1.54) is 0 Å². The highest BCUT2D eigenvalue weighted by Crippen LogP contribution is 2.22. The summed E-state index contributed by atoms with van der Waals surface area (Å²) >= 11 is 0. The maximum atomic E-state index is 5.76. The molecule has 0 atom stereocenters. The Morgan fingerprint density at radius 1 is 1.00 bits per heavy atom. The van der Waals surface area contributed by atoms with Crippen molar-refractivity contribution in [2.45, 2.75) is 53.4 Å². The summed E-state index contributed by atoms with van der Waals surface area (Å²) in [5.74, 6) is 2.35. The summed E-state index contributed by atoms with van der Waals surface area (Å²) in [6.45, 7) is 11.2. The number of unbranched alkanes of at least 4 members (excludes halogenated alkanes) is 1. The van der Waals surface area contributed by atoms with E-state index in [4.69, 9.17) is 9.47 Å². The van der Waals surface area contributed by atoms with Gasteiger partial charge in [-0.2, -0.15) is 4.98 Å². The van der Waals surface area contributed by atoms with Crippen LogP contribution < -0.4 is 10.1 Å². The average molecular weight is 295 g/mol. The molecule has 0 fully saturated rings. The summed E-state index contributed by atoms with van der Waals surface area (Å²) in [5, 5.41) is 3.33. The molecule has 1 rings (SSSR count). The molecule has 5 heteroatoms. The van der Waals surface area contributed by atoms with Crippen LogP contribution in [0.25, 0.3) is 0 Å². The van der Waals surface area contributed by atoms with E-state index in [0.717, 1.165) is 56.0 Å². The van der Waals surface area contributed by atoms with Crippen LogP contribution in [-0.2, 0) is 11.2 Å². The first kappa shape index (κ1) is 17.7. The Kier molecular flexibility index (Phi) is 8.74. The van der Waals surface area contributed by atoms with Crippen molar-refractivity contribution < 1.29 is 9.47 Å². The molecule has 0 amide bonds. The van der Waals surface area contributed by atoms with E-state index in [9.17, 15) is 0 Å². The number of hydrogen-bond acceptors (Lipinski definition) is 5. The fourth-order valence-corrected chi connectivity index (χ4v) is 1.80. The van der Waals surface area contributed by atoms with E-state index in [1.807, 2.05) is 13.8 Å². The lowest BCUT2D eigenvalue weighted by atomic mass is 10.3. The van der Waals surface area contributed by atoms with Crippen LogP contribution in [0.15, 0.2) is 0 Å². The van der Waals surface area contributed by atoms with Crippen molar-refractivity contribution in [3.05, 3.63) is 11.4 Å². The van der Waals surface area contributed by atoms with Crippen LogP contribution >= 0.6 is 0 Å². The minimum atomic E-state index is 0.526. The Balaban J connectivity index is 2.58. The topological polar surface area (TPSA) is 56.3 Å². The zero-order chi connectivity index (χ0) is 15.5. The predicted molar refractivity (Wildman–Crippen MR) is 86.1 cm³/mol. The molecule has 0 saturated carbocycles. The largest absolute Gasteiger partial charge is 0.475 e. The molecule has 0 radical (unpaired) electrons. The lowest BCUT2D eigenvalue weighted by Crippen LogP contribution is -2.13. The van der Waals surface area contributed by atoms with Crippen LogP contribution in [0.2, 0.25) is 0 Å². The maximum absolute atomic E-state index is 5.76. The molecular formula is C16H29N3O2. The Hall–Kier alpha value is -1.36. The second kappa shape index (κ2) is 10.4. The molecule has 0 aliphatic rings. The quantitative estimate of drug-likeness (QED) is 0.634. The standard InChI is InChI=1S/C16H29N3O2/c1-5-8-10-20-11-12-21-16-13(4)15(17-9-6-2)18-14(7-3)19-16/h5-12H2,1-4H3,(H,17,18,19). The third-order valence-corrected chi connectivity index (χ3v) is 3.11. The highest BCUT2D eigenvalue weighted by Gasteiger charge is 2.11. The number of rotatable bonds is 11. The molecule has 120 valence electrons. The van der Waals surface area contributed by atoms with E-state index >= 15 is 0 Å². The van der Waals surface area contributed by atoms with Gasteiger partial charge in [0.05, 0.1) is 12.2 Å². The third-order valence-electron chi connectivity index (χ3n) is 3.11. The van der Waals surface area contributed by atoms with Crippen LogP contribution in [0.1, 0.15) is 51.4 Å². The van der Waals surface area contributed by atoms with Crippen molar-refractivity contribution in [1.29, 1.82) is 0 Å². The van der Waals surface area contributed by atoms with Gasteiger partial charge in [0, 0.05) is 19.6 Å². The molecule has 0 aliphatic heterocycles. The predicted octanol–water partition coefficient (Wildman–Crippen LogP) is 3.36. The minimum Gasteiger partial charge on any atom is -0.475 e. The lowest BCUT2D eigenvalue weighted by Gasteiger charge is -2.14. The number of nitrogens with zero attached hydrogens (tertiary/aromatic N) is 2. The molecule has 0 bridgehead atoms. The van der Waals surface area contributed by atoms with E-state index in [1.54, 1.807) is 0 Å². The molecule has 0 aromatic carbocycles. The third kappa shape index (κ3) is 6.29. The first-order chi connectivity index (χ1) is 10.2. The molecule has 1 aromatic rings. The van der Waals surface area contributed by atoms with Crippen molar-refractivity contribution in [3.8, 4) is 5.88 Å². The van der Waals surface area contributed by atoms with E-state index < -0.39 is 0 Å². The highest BCUT2D eigenvalue weighted by molar-refractivity contribution is 5.48. The first-order valence-electron chi connectivity index (χ1n) is 8.04. The van der Waals surface area contributed by atoms with Crippen LogP contribution in [-0.4, -0.2) is 36.3 Å². The van der Waals surface area contributed by atoms with Crippen LogP contribution in [0.5, 0.6) is 5.88 Å². The molecule has 5 nitrogen and oxygen atoms in total. The van der Waals surface area contributed by atoms with Gasteiger partial charge in [-0.05, 0) is 19.8 Å². The van der Waals surface area contributed by atoms with Gasteiger partial charge in [-0.1, -0.05) is 27.2 Å². The monoisotopic (exact) mass is 295 g/mol. The zero-order valence-corrected chi connectivity index (χ0v) is 13.9. The Morgan fingerprint density at radius 2 is 1.81 bits per heavy atom. The fraction of sp³-hybridized carbons (Fsp3) is 0.750. The summed E-state index contributed by atoms with van der Waals surface area (Å²) in [4.78, 5) is 8.99. The maximum Gasteiger partial charge on any atom is 0.221 e. The van der Waals surface area contributed by atoms with E-state index in [2.05, 4.69) is 29.1 Å². The summed E-state index contributed by atoms with van der Waals surface area (Å²) in [7, 11) is 0. The van der Waals surface area contributed by atoms with E-state index in [-0.39, 0.29) is 0 Å². The number of aryl methyl sites for hydroxylation is 1. The van der Waals surface area contributed by atoms with Crippen molar-refractivity contribution in [3.63, 3.8) is 0 Å². The summed E-state index contributed by atoms with van der Waals surface area (Å²) in [6.07, 6.45) is 4.10. The molecule has 0 spiro atoms. The number of anilines is 1. The number of nitrogens with one attached hydrogen (secondary N) is 1. The van der Waals surface area contributed by atoms with Crippen LogP contribution in [0.3, 0.4) is 0 Å². The Morgan fingerprint density at radius 3 is 2.48 bits per heavy atom. The normalized spacial score (nSPS) is 10.7. The van der Waals surface area contributed by atoms with Crippen molar-refractivity contribution in [2.75, 3.05) is 31.7 Å². The van der Waals surface area contributed by atoms with Gasteiger partial charge in [-0.3, -0.25) is 0 Å². The van der Waals surface area contributed by atoms with Crippen molar-refractivity contribution in [2.24, 2.45) is 0 Å². The average Bonchev–Trinajstić information content (AvgIpc) is 2.50. The van der Waals surface area contributed by atoms with Gasteiger partial charge in [0.2, 0.25) is 5.88 Å². The molecule has 0 saturated heterocycles. The molecule has 1 N–H and O–H groups in total. The summed E-state index contributed by atoms with van der Waals surface area (Å²) < 4.78 is 11.3. The van der Waals surface area contributed by atoms with Gasteiger partial charge in [0.25, 0.3) is 0 Å². The van der Waals surface area contributed by atoms with Gasteiger partial charge in [0.15, 0.2) is 0 Å². The summed E-state index contributed by atoms with van der Waals surface area (Å²) in [5.41, 5.74) is 0.967. The highest BCUT2D eigenvalue weighted by atomic mass is 16.5. The van der Waals surface area contributed by atoms with Gasteiger partial charge in [-0.15, -0.1) is 0 Å². The van der Waals surface area contributed by atoms with Crippen molar-refractivity contribution in [1.82, 2.24) is 9.97 Å². The zero-order valence-electron chi connectivity index (χ0n) is 13.9. The number of aromatic nitrogens is 2. The number of ether oxygens (including phenoxy) is 2. The summed E-state index contributed by atoms with van der Waals surface area (Å²) in [6, 6.07) is 0. The van der Waals surface area contributed by atoms with Gasteiger partial charge in [-0.25, -0.2) is 4.98 Å². The van der Waals surface area contributed by atoms with Crippen molar-refractivity contribution >= 4 is 5.82 Å². The molecule has 0 unspecified atom stereocenters.